The summed E-state index contributed by atoms with van der Waals surface area (Å²) in [6.45, 7) is 0. The van der Waals surface area contributed by atoms with Crippen LogP contribution in [0.15, 0.2) is 16.8 Å². The minimum atomic E-state index is 0.452. The Labute approximate surface area is 97.1 Å². The van der Waals surface area contributed by atoms with Crippen molar-refractivity contribution >= 4 is 11.8 Å². The number of nitriles is 1. The summed E-state index contributed by atoms with van der Waals surface area (Å²) in [7, 11) is 1.84. The Kier molecular flexibility index (Phi) is 2.97. The van der Waals surface area contributed by atoms with E-state index in [1.165, 1.54) is 0 Å². The van der Waals surface area contributed by atoms with Crippen molar-refractivity contribution in [3.63, 3.8) is 0 Å². The van der Waals surface area contributed by atoms with Crippen LogP contribution in [0.4, 0.5) is 0 Å². The van der Waals surface area contributed by atoms with Crippen molar-refractivity contribution < 1.29 is 4.52 Å². The molecule has 0 unspecified atom stereocenters. The number of rotatable bonds is 3. The van der Waals surface area contributed by atoms with Gasteiger partial charge in [0.2, 0.25) is 0 Å². The first kappa shape index (κ1) is 10.8. The SMILES string of the molecule is CSCc1noc(-c2cc(C#N)cn2C)n1. The first-order valence-electron chi connectivity index (χ1n) is 4.63. The number of aryl methyl sites for hydroxylation is 1. The second-order valence-electron chi connectivity index (χ2n) is 3.29. The van der Waals surface area contributed by atoms with E-state index in [0.717, 1.165) is 11.4 Å². The van der Waals surface area contributed by atoms with E-state index in [4.69, 9.17) is 9.78 Å². The highest BCUT2D eigenvalue weighted by Gasteiger charge is 2.12. The van der Waals surface area contributed by atoms with Crippen LogP contribution >= 0.6 is 11.8 Å². The summed E-state index contributed by atoms with van der Waals surface area (Å²) in [4.78, 5) is 4.25. The molecule has 0 aliphatic carbocycles. The maximum Gasteiger partial charge on any atom is 0.274 e. The number of hydrogen-bond acceptors (Lipinski definition) is 5. The molecule has 0 bridgehead atoms. The van der Waals surface area contributed by atoms with E-state index < -0.39 is 0 Å². The first-order chi connectivity index (χ1) is 7.74. The molecule has 0 atom stereocenters. The lowest BCUT2D eigenvalue weighted by atomic mass is 10.3. The molecule has 0 N–H and O–H groups in total. The van der Waals surface area contributed by atoms with Gasteiger partial charge in [0.25, 0.3) is 5.89 Å². The molecule has 0 fully saturated rings. The Hall–Kier alpha value is -1.74. The Morgan fingerprint density at radius 1 is 1.62 bits per heavy atom. The van der Waals surface area contributed by atoms with Gasteiger partial charge in [-0.25, -0.2) is 0 Å². The van der Waals surface area contributed by atoms with Gasteiger partial charge in [-0.05, 0) is 12.3 Å². The third-order valence-electron chi connectivity index (χ3n) is 2.09. The zero-order valence-electron chi connectivity index (χ0n) is 8.97. The summed E-state index contributed by atoms with van der Waals surface area (Å²) < 4.78 is 6.94. The minimum absolute atomic E-state index is 0.452. The normalized spacial score (nSPS) is 10.3. The average molecular weight is 234 g/mol. The van der Waals surface area contributed by atoms with Crippen LogP contribution in [0.2, 0.25) is 0 Å². The predicted molar refractivity (Wildman–Crippen MR) is 60.6 cm³/mol. The van der Waals surface area contributed by atoms with Crippen molar-refractivity contribution in [1.82, 2.24) is 14.7 Å². The van der Waals surface area contributed by atoms with E-state index in [0.29, 0.717) is 17.3 Å². The van der Waals surface area contributed by atoms with E-state index in [1.807, 2.05) is 13.3 Å². The average Bonchev–Trinajstić information content (AvgIpc) is 2.85. The minimum Gasteiger partial charge on any atom is -0.345 e. The van der Waals surface area contributed by atoms with E-state index in [1.54, 1.807) is 28.6 Å². The fourth-order valence-electron chi connectivity index (χ4n) is 1.38. The van der Waals surface area contributed by atoms with Gasteiger partial charge < -0.3 is 9.09 Å². The van der Waals surface area contributed by atoms with E-state index in [-0.39, 0.29) is 0 Å². The summed E-state index contributed by atoms with van der Waals surface area (Å²) in [6.07, 6.45) is 3.71. The van der Waals surface area contributed by atoms with Gasteiger partial charge in [-0.2, -0.15) is 22.0 Å². The molecular weight excluding hydrogens is 224 g/mol. The van der Waals surface area contributed by atoms with Crippen molar-refractivity contribution in [3.05, 3.63) is 23.7 Å². The number of aromatic nitrogens is 3. The number of thioether (sulfide) groups is 1. The molecule has 82 valence electrons. The molecule has 2 heterocycles. The van der Waals surface area contributed by atoms with Crippen LogP contribution in [0.1, 0.15) is 11.4 Å². The molecule has 16 heavy (non-hydrogen) atoms. The van der Waals surface area contributed by atoms with Gasteiger partial charge in [-0.1, -0.05) is 5.16 Å². The summed E-state index contributed by atoms with van der Waals surface area (Å²) in [5, 5.41) is 12.6. The number of hydrogen-bond donors (Lipinski definition) is 0. The van der Waals surface area contributed by atoms with Crippen molar-refractivity contribution in [2.75, 3.05) is 6.26 Å². The fourth-order valence-corrected chi connectivity index (χ4v) is 1.76. The van der Waals surface area contributed by atoms with Crippen molar-refractivity contribution in [3.8, 4) is 17.7 Å². The van der Waals surface area contributed by atoms with Crippen LogP contribution in [0.5, 0.6) is 0 Å². The Bertz CT molecular complexity index is 537. The first-order valence-corrected chi connectivity index (χ1v) is 6.02. The van der Waals surface area contributed by atoms with Crippen LogP contribution < -0.4 is 0 Å². The monoisotopic (exact) mass is 234 g/mol. The molecule has 5 nitrogen and oxygen atoms in total. The summed E-state index contributed by atoms with van der Waals surface area (Å²) >= 11 is 1.63. The second-order valence-corrected chi connectivity index (χ2v) is 4.15. The Morgan fingerprint density at radius 3 is 3.06 bits per heavy atom. The highest BCUT2D eigenvalue weighted by atomic mass is 32.2. The van der Waals surface area contributed by atoms with Gasteiger partial charge in [0, 0.05) is 13.2 Å². The number of nitrogens with zero attached hydrogens (tertiary/aromatic N) is 4. The molecule has 0 saturated heterocycles. The van der Waals surface area contributed by atoms with Gasteiger partial charge in [-0.3, -0.25) is 0 Å². The molecule has 0 aromatic carbocycles. The molecule has 0 amide bonds. The van der Waals surface area contributed by atoms with Gasteiger partial charge in [0.05, 0.1) is 11.3 Å². The topological polar surface area (TPSA) is 67.6 Å². The van der Waals surface area contributed by atoms with Crippen LogP contribution in [-0.4, -0.2) is 21.0 Å². The van der Waals surface area contributed by atoms with Crippen molar-refractivity contribution in [1.29, 1.82) is 5.26 Å². The van der Waals surface area contributed by atoms with E-state index in [9.17, 15) is 0 Å². The summed E-state index contributed by atoms with van der Waals surface area (Å²) in [5.41, 5.74) is 1.35. The zero-order chi connectivity index (χ0) is 11.5. The molecule has 0 radical (unpaired) electrons. The maximum atomic E-state index is 8.78. The van der Waals surface area contributed by atoms with Gasteiger partial charge in [-0.15, -0.1) is 0 Å². The third-order valence-corrected chi connectivity index (χ3v) is 2.64. The van der Waals surface area contributed by atoms with Crippen LogP contribution in [0.25, 0.3) is 11.6 Å². The molecule has 0 aliphatic heterocycles. The highest BCUT2D eigenvalue weighted by molar-refractivity contribution is 7.97. The Morgan fingerprint density at radius 2 is 2.44 bits per heavy atom. The molecule has 2 aromatic rings. The van der Waals surface area contributed by atoms with E-state index >= 15 is 0 Å². The lowest BCUT2D eigenvalue weighted by molar-refractivity contribution is 0.422. The third kappa shape index (κ3) is 1.95. The summed E-state index contributed by atoms with van der Waals surface area (Å²) in [6, 6.07) is 3.81. The zero-order valence-corrected chi connectivity index (χ0v) is 9.78. The molecule has 0 aliphatic rings. The second kappa shape index (κ2) is 4.41. The largest absolute Gasteiger partial charge is 0.345 e. The van der Waals surface area contributed by atoms with Gasteiger partial charge in [0.1, 0.15) is 11.8 Å². The van der Waals surface area contributed by atoms with Crippen molar-refractivity contribution in [2.24, 2.45) is 7.05 Å². The predicted octanol–water partition coefficient (Wildman–Crippen LogP) is 1.81. The lowest BCUT2D eigenvalue weighted by Crippen LogP contribution is -1.89. The molecule has 0 saturated carbocycles. The molecule has 0 spiro atoms. The lowest BCUT2D eigenvalue weighted by Gasteiger charge is -1.94. The quantitative estimate of drug-likeness (QED) is 0.810. The molecule has 6 heteroatoms. The van der Waals surface area contributed by atoms with Gasteiger partial charge >= 0.3 is 0 Å². The Balaban J connectivity index is 2.35. The maximum absolute atomic E-state index is 8.78. The summed E-state index contributed by atoms with van der Waals surface area (Å²) in [5.74, 6) is 1.84. The van der Waals surface area contributed by atoms with Crippen LogP contribution in [0.3, 0.4) is 0 Å². The molecule has 2 aromatic heterocycles. The van der Waals surface area contributed by atoms with Crippen LogP contribution in [0, 0.1) is 11.3 Å². The fraction of sp³-hybridized carbons (Fsp3) is 0.300. The smallest absolute Gasteiger partial charge is 0.274 e. The highest BCUT2D eigenvalue weighted by Crippen LogP contribution is 2.20. The standard InChI is InChI=1S/C10H10N4OS/c1-14-5-7(4-11)3-8(14)10-12-9(6-16-2)13-15-10/h3,5H,6H2,1-2H3. The van der Waals surface area contributed by atoms with Gasteiger partial charge in [0.15, 0.2) is 5.82 Å². The molecule has 2 rings (SSSR count). The van der Waals surface area contributed by atoms with Crippen LogP contribution in [-0.2, 0) is 12.8 Å². The molecular formula is C10H10N4OS. The van der Waals surface area contributed by atoms with E-state index in [2.05, 4.69) is 16.2 Å². The van der Waals surface area contributed by atoms with Crippen molar-refractivity contribution in [2.45, 2.75) is 5.75 Å².